The Kier molecular flexibility index (Phi) is 8.28. The fourth-order valence-corrected chi connectivity index (χ4v) is 3.00. The first-order valence-corrected chi connectivity index (χ1v) is 9.37. The fraction of sp³-hybridized carbons (Fsp3) is 0.421. The van der Waals surface area contributed by atoms with Gasteiger partial charge in [-0.2, -0.15) is 0 Å². The first-order valence-electron chi connectivity index (χ1n) is 8.49. The molecule has 2 aromatic rings. The van der Waals surface area contributed by atoms with E-state index in [0.29, 0.717) is 19.7 Å². The quantitative estimate of drug-likeness (QED) is 0.624. The van der Waals surface area contributed by atoms with Gasteiger partial charge in [-0.3, -0.25) is 9.69 Å². The second-order valence-electron chi connectivity index (χ2n) is 5.60. The zero-order chi connectivity index (χ0) is 17.9. The van der Waals surface area contributed by atoms with Crippen LogP contribution in [-0.2, 0) is 11.3 Å². The van der Waals surface area contributed by atoms with Gasteiger partial charge in [-0.05, 0) is 48.7 Å². The molecule has 1 heterocycles. The van der Waals surface area contributed by atoms with Crippen LogP contribution in [0.2, 0.25) is 0 Å². The molecule has 0 aliphatic heterocycles. The van der Waals surface area contributed by atoms with Crippen molar-refractivity contribution < 1.29 is 14.3 Å². The van der Waals surface area contributed by atoms with E-state index in [1.54, 1.807) is 18.4 Å². The van der Waals surface area contributed by atoms with Gasteiger partial charge in [-0.15, -0.1) is 11.3 Å². The predicted molar refractivity (Wildman–Crippen MR) is 101 cm³/mol. The molecule has 0 saturated carbocycles. The van der Waals surface area contributed by atoms with Gasteiger partial charge in [0.2, 0.25) is 5.91 Å². The van der Waals surface area contributed by atoms with Crippen molar-refractivity contribution in [3.63, 3.8) is 0 Å². The Bertz CT molecular complexity index is 614. The molecule has 6 heteroatoms. The van der Waals surface area contributed by atoms with Gasteiger partial charge >= 0.3 is 0 Å². The number of hydrogen-bond acceptors (Lipinski definition) is 5. The number of rotatable bonds is 11. The van der Waals surface area contributed by atoms with Gasteiger partial charge in [-0.1, -0.05) is 13.0 Å². The highest BCUT2D eigenvalue weighted by molar-refractivity contribution is 7.09. The highest BCUT2D eigenvalue weighted by Gasteiger charge is 2.09. The van der Waals surface area contributed by atoms with Gasteiger partial charge in [0.15, 0.2) is 0 Å². The number of carbonyl (C=O) groups is 1. The standard InChI is InChI=1S/C19H26N2O3S/c1-3-21(15-19(22)20-14-18-6-4-13-25-18)11-5-12-24-17-9-7-16(23-2)8-10-17/h4,6-10,13H,3,5,11-12,14-15H2,1-2H3,(H,20,22). The summed E-state index contributed by atoms with van der Waals surface area (Å²) in [4.78, 5) is 15.3. The summed E-state index contributed by atoms with van der Waals surface area (Å²) in [5.74, 6) is 1.71. The number of likely N-dealkylation sites (N-methyl/N-ethyl adjacent to an activating group) is 1. The summed E-state index contributed by atoms with van der Waals surface area (Å²) in [7, 11) is 1.64. The van der Waals surface area contributed by atoms with E-state index >= 15 is 0 Å². The lowest BCUT2D eigenvalue weighted by molar-refractivity contribution is -0.122. The minimum Gasteiger partial charge on any atom is -0.497 e. The van der Waals surface area contributed by atoms with Crippen molar-refractivity contribution in [3.8, 4) is 11.5 Å². The minimum absolute atomic E-state index is 0.0614. The molecule has 2 rings (SSSR count). The number of methoxy groups -OCH3 is 1. The van der Waals surface area contributed by atoms with Crippen LogP contribution in [0.25, 0.3) is 0 Å². The average Bonchev–Trinajstić information content (AvgIpc) is 3.16. The predicted octanol–water partition coefficient (Wildman–Crippen LogP) is 3.16. The number of carbonyl (C=O) groups excluding carboxylic acids is 1. The van der Waals surface area contributed by atoms with E-state index in [-0.39, 0.29) is 5.91 Å². The van der Waals surface area contributed by atoms with E-state index in [1.807, 2.05) is 41.8 Å². The van der Waals surface area contributed by atoms with Gasteiger partial charge < -0.3 is 14.8 Å². The van der Waals surface area contributed by atoms with E-state index in [0.717, 1.165) is 31.0 Å². The molecule has 0 unspecified atom stereocenters. The fourth-order valence-electron chi connectivity index (χ4n) is 2.36. The number of benzene rings is 1. The lowest BCUT2D eigenvalue weighted by atomic mass is 10.3. The van der Waals surface area contributed by atoms with E-state index in [2.05, 4.69) is 17.1 Å². The van der Waals surface area contributed by atoms with Crippen LogP contribution < -0.4 is 14.8 Å². The zero-order valence-electron chi connectivity index (χ0n) is 14.9. The molecule has 0 aliphatic carbocycles. The SMILES string of the molecule is CCN(CCCOc1ccc(OC)cc1)CC(=O)NCc1cccs1. The Labute approximate surface area is 153 Å². The summed E-state index contributed by atoms with van der Waals surface area (Å²) >= 11 is 1.65. The topological polar surface area (TPSA) is 50.8 Å². The van der Waals surface area contributed by atoms with Crippen molar-refractivity contribution in [3.05, 3.63) is 46.7 Å². The van der Waals surface area contributed by atoms with Crippen LogP contribution in [0, 0.1) is 0 Å². The number of amides is 1. The molecule has 0 aliphatic rings. The largest absolute Gasteiger partial charge is 0.497 e. The molecular formula is C19H26N2O3S. The Hall–Kier alpha value is -2.05. The lowest BCUT2D eigenvalue weighted by Crippen LogP contribution is -2.37. The van der Waals surface area contributed by atoms with Gasteiger partial charge in [-0.25, -0.2) is 0 Å². The first-order chi connectivity index (χ1) is 12.2. The van der Waals surface area contributed by atoms with E-state index in [9.17, 15) is 4.79 Å². The maximum Gasteiger partial charge on any atom is 0.234 e. The van der Waals surface area contributed by atoms with Crippen molar-refractivity contribution in [1.82, 2.24) is 10.2 Å². The molecule has 0 fully saturated rings. The molecule has 1 aromatic heterocycles. The van der Waals surface area contributed by atoms with Gasteiger partial charge in [0.05, 0.1) is 26.8 Å². The molecule has 1 amide bonds. The van der Waals surface area contributed by atoms with Crippen molar-refractivity contribution in [2.24, 2.45) is 0 Å². The molecule has 0 bridgehead atoms. The van der Waals surface area contributed by atoms with Crippen LogP contribution in [0.15, 0.2) is 41.8 Å². The summed E-state index contributed by atoms with van der Waals surface area (Å²) in [5, 5.41) is 4.98. The van der Waals surface area contributed by atoms with Crippen molar-refractivity contribution in [2.75, 3.05) is 33.4 Å². The Balaban J connectivity index is 1.62. The van der Waals surface area contributed by atoms with Crippen molar-refractivity contribution >= 4 is 17.2 Å². The Morgan fingerprint density at radius 3 is 2.60 bits per heavy atom. The van der Waals surface area contributed by atoms with E-state index in [1.165, 1.54) is 4.88 Å². The number of nitrogens with one attached hydrogen (secondary N) is 1. The highest BCUT2D eigenvalue weighted by atomic mass is 32.1. The van der Waals surface area contributed by atoms with Crippen molar-refractivity contribution in [1.29, 1.82) is 0 Å². The molecule has 0 atom stereocenters. The maximum atomic E-state index is 12.0. The van der Waals surface area contributed by atoms with Crippen LogP contribution >= 0.6 is 11.3 Å². The molecule has 1 aromatic carbocycles. The van der Waals surface area contributed by atoms with Crippen LogP contribution in [-0.4, -0.2) is 44.2 Å². The monoisotopic (exact) mass is 362 g/mol. The average molecular weight is 362 g/mol. The summed E-state index contributed by atoms with van der Waals surface area (Å²) in [6.45, 7) is 5.39. The number of thiophene rings is 1. The third kappa shape index (κ3) is 7.15. The second kappa shape index (κ2) is 10.7. The molecule has 0 radical (unpaired) electrons. The molecular weight excluding hydrogens is 336 g/mol. The summed E-state index contributed by atoms with van der Waals surface area (Å²) in [6, 6.07) is 11.6. The smallest absolute Gasteiger partial charge is 0.234 e. The summed E-state index contributed by atoms with van der Waals surface area (Å²) in [5.41, 5.74) is 0. The molecule has 0 spiro atoms. The highest BCUT2D eigenvalue weighted by Crippen LogP contribution is 2.17. The Morgan fingerprint density at radius 2 is 1.96 bits per heavy atom. The normalized spacial score (nSPS) is 10.7. The van der Waals surface area contributed by atoms with Gasteiger partial charge in [0.1, 0.15) is 11.5 Å². The second-order valence-corrected chi connectivity index (χ2v) is 6.63. The third-order valence-electron chi connectivity index (χ3n) is 3.80. The number of ether oxygens (including phenoxy) is 2. The molecule has 25 heavy (non-hydrogen) atoms. The molecule has 5 nitrogen and oxygen atoms in total. The third-order valence-corrected chi connectivity index (χ3v) is 4.68. The van der Waals surface area contributed by atoms with Crippen LogP contribution in [0.3, 0.4) is 0 Å². The molecule has 1 N–H and O–H groups in total. The summed E-state index contributed by atoms with van der Waals surface area (Å²) in [6.07, 6.45) is 0.873. The zero-order valence-corrected chi connectivity index (χ0v) is 15.7. The molecule has 136 valence electrons. The number of hydrogen-bond donors (Lipinski definition) is 1. The number of nitrogens with zero attached hydrogens (tertiary/aromatic N) is 1. The van der Waals surface area contributed by atoms with Crippen LogP contribution in [0.1, 0.15) is 18.2 Å². The van der Waals surface area contributed by atoms with Crippen molar-refractivity contribution in [2.45, 2.75) is 19.9 Å². The maximum absolute atomic E-state index is 12.0. The van der Waals surface area contributed by atoms with Gasteiger partial charge in [0, 0.05) is 11.4 Å². The summed E-state index contributed by atoms with van der Waals surface area (Å²) < 4.78 is 10.8. The van der Waals surface area contributed by atoms with E-state index in [4.69, 9.17) is 9.47 Å². The van der Waals surface area contributed by atoms with E-state index < -0.39 is 0 Å². The lowest BCUT2D eigenvalue weighted by Gasteiger charge is -2.19. The Morgan fingerprint density at radius 1 is 1.20 bits per heavy atom. The van der Waals surface area contributed by atoms with Gasteiger partial charge in [0.25, 0.3) is 0 Å². The van der Waals surface area contributed by atoms with Crippen LogP contribution in [0.4, 0.5) is 0 Å². The molecule has 0 saturated heterocycles. The van der Waals surface area contributed by atoms with Crippen LogP contribution in [0.5, 0.6) is 11.5 Å². The first kappa shape index (κ1) is 19.3. The minimum atomic E-state index is 0.0614.